The summed E-state index contributed by atoms with van der Waals surface area (Å²) in [6.45, 7) is 2.19. The first-order valence-corrected chi connectivity index (χ1v) is 10.6. The van der Waals surface area contributed by atoms with Crippen LogP contribution in [-0.4, -0.2) is 36.3 Å². The summed E-state index contributed by atoms with van der Waals surface area (Å²) in [6.07, 6.45) is -1.11. The highest BCUT2D eigenvalue weighted by Crippen LogP contribution is 2.39. The van der Waals surface area contributed by atoms with Gasteiger partial charge in [0.1, 0.15) is 17.4 Å². The first kappa shape index (κ1) is 22.6. The van der Waals surface area contributed by atoms with Gasteiger partial charge in [0.25, 0.3) is 12.3 Å². The Morgan fingerprint density at radius 2 is 1.91 bits per heavy atom. The van der Waals surface area contributed by atoms with E-state index in [4.69, 9.17) is 9.47 Å². The molecule has 1 aromatic heterocycles. The highest BCUT2D eigenvalue weighted by molar-refractivity contribution is 5.98. The van der Waals surface area contributed by atoms with Gasteiger partial charge in [-0.2, -0.15) is 5.10 Å². The van der Waals surface area contributed by atoms with Gasteiger partial charge >= 0.3 is 0 Å². The van der Waals surface area contributed by atoms with Crippen molar-refractivity contribution >= 4 is 11.7 Å². The molecule has 1 aliphatic heterocycles. The zero-order valence-corrected chi connectivity index (χ0v) is 18.6. The van der Waals surface area contributed by atoms with Crippen LogP contribution in [0, 0.1) is 6.92 Å². The maximum Gasteiger partial charge on any atom is 0.260 e. The third-order valence-electron chi connectivity index (χ3n) is 5.81. The van der Waals surface area contributed by atoms with E-state index in [1.165, 1.54) is 18.0 Å². The summed E-state index contributed by atoms with van der Waals surface area (Å²) in [5, 5.41) is 10.2. The molecule has 2 N–H and O–H groups in total. The summed E-state index contributed by atoms with van der Waals surface area (Å²) < 4.78 is 39.5. The average molecular weight is 456 g/mol. The molecule has 0 saturated heterocycles. The number of carbonyl (C=O) groups excluding carboxylic acids is 1. The molecule has 2 atom stereocenters. The van der Waals surface area contributed by atoms with Crippen molar-refractivity contribution in [2.75, 3.05) is 19.5 Å². The molecule has 0 bridgehead atoms. The summed E-state index contributed by atoms with van der Waals surface area (Å²) in [7, 11) is 3.08. The van der Waals surface area contributed by atoms with Crippen molar-refractivity contribution in [1.29, 1.82) is 0 Å². The van der Waals surface area contributed by atoms with Crippen LogP contribution >= 0.6 is 0 Å². The number of hydrogen-bond donors (Lipinski definition) is 2. The first-order chi connectivity index (χ1) is 15.9. The number of methoxy groups -OCH3 is 2. The molecule has 3 aromatic rings. The Bertz CT molecular complexity index is 1130. The molecule has 0 unspecified atom stereocenters. The molecule has 0 spiro atoms. The summed E-state index contributed by atoms with van der Waals surface area (Å²) in [5.74, 6) is 1.02. The molecule has 7 nitrogen and oxygen atoms in total. The zero-order valence-electron chi connectivity index (χ0n) is 18.6. The third kappa shape index (κ3) is 4.62. The maximum atomic E-state index is 13.9. The van der Waals surface area contributed by atoms with Gasteiger partial charge in [0, 0.05) is 6.54 Å². The van der Waals surface area contributed by atoms with Crippen LogP contribution in [-0.2, 0) is 6.54 Å². The lowest BCUT2D eigenvalue weighted by Crippen LogP contribution is -2.32. The van der Waals surface area contributed by atoms with Gasteiger partial charge in [0.2, 0.25) is 0 Å². The minimum Gasteiger partial charge on any atom is -0.493 e. The molecule has 33 heavy (non-hydrogen) atoms. The molecule has 4 rings (SSSR count). The van der Waals surface area contributed by atoms with E-state index in [2.05, 4.69) is 15.7 Å². The minimum atomic E-state index is -2.61. The number of anilines is 1. The number of amides is 1. The van der Waals surface area contributed by atoms with Crippen LogP contribution in [0.3, 0.4) is 0 Å². The van der Waals surface area contributed by atoms with E-state index in [-0.39, 0.29) is 24.6 Å². The van der Waals surface area contributed by atoms with Crippen molar-refractivity contribution in [2.45, 2.75) is 38.4 Å². The van der Waals surface area contributed by atoms with E-state index in [1.807, 2.05) is 37.3 Å². The minimum absolute atomic E-state index is 0.169. The number of fused-ring (bicyclic) bond motifs is 1. The van der Waals surface area contributed by atoms with E-state index >= 15 is 0 Å². The zero-order chi connectivity index (χ0) is 23.5. The maximum absolute atomic E-state index is 13.9. The van der Waals surface area contributed by atoms with Crippen molar-refractivity contribution in [3.05, 3.63) is 70.9 Å². The number of carbonyl (C=O) groups is 1. The molecule has 1 amide bonds. The number of alkyl halides is 2. The van der Waals surface area contributed by atoms with Gasteiger partial charge in [-0.05, 0) is 36.6 Å². The van der Waals surface area contributed by atoms with E-state index < -0.39 is 18.4 Å². The van der Waals surface area contributed by atoms with Crippen molar-refractivity contribution in [3.8, 4) is 11.5 Å². The molecule has 2 aromatic carbocycles. The summed E-state index contributed by atoms with van der Waals surface area (Å²) in [6, 6.07) is 11.6. The number of halogens is 2. The summed E-state index contributed by atoms with van der Waals surface area (Å²) in [5.41, 5.74) is 2.99. The fourth-order valence-corrected chi connectivity index (χ4v) is 3.98. The van der Waals surface area contributed by atoms with E-state index in [0.29, 0.717) is 17.3 Å². The van der Waals surface area contributed by atoms with Crippen molar-refractivity contribution in [3.63, 3.8) is 0 Å². The fourth-order valence-electron chi connectivity index (χ4n) is 3.98. The fraction of sp³-hybridized carbons (Fsp3) is 0.333. The van der Waals surface area contributed by atoms with Gasteiger partial charge in [-0.3, -0.25) is 4.79 Å². The highest BCUT2D eigenvalue weighted by Gasteiger charge is 2.36. The second-order valence-corrected chi connectivity index (χ2v) is 7.97. The molecule has 174 valence electrons. The Balaban J connectivity index is 1.55. The Hall–Kier alpha value is -3.62. The monoisotopic (exact) mass is 456 g/mol. The quantitative estimate of drug-likeness (QED) is 0.547. The smallest absolute Gasteiger partial charge is 0.260 e. The van der Waals surface area contributed by atoms with Crippen LogP contribution in [0.5, 0.6) is 11.5 Å². The van der Waals surface area contributed by atoms with Gasteiger partial charge in [-0.25, -0.2) is 13.5 Å². The second-order valence-electron chi connectivity index (χ2n) is 7.97. The lowest BCUT2D eigenvalue weighted by molar-refractivity contribution is 0.0656. The third-order valence-corrected chi connectivity index (χ3v) is 5.81. The largest absolute Gasteiger partial charge is 0.493 e. The Morgan fingerprint density at radius 3 is 2.58 bits per heavy atom. The Labute approximate surface area is 190 Å². The predicted molar refractivity (Wildman–Crippen MR) is 120 cm³/mol. The molecular weight excluding hydrogens is 430 g/mol. The molecule has 2 heterocycles. The number of aryl methyl sites for hydroxylation is 1. The molecule has 0 saturated carbocycles. The lowest BCUT2D eigenvalue weighted by atomic mass is 9.96. The average Bonchev–Trinajstić information content (AvgIpc) is 3.26. The highest BCUT2D eigenvalue weighted by atomic mass is 19.3. The van der Waals surface area contributed by atoms with E-state index in [9.17, 15) is 13.6 Å². The van der Waals surface area contributed by atoms with Crippen molar-refractivity contribution < 1.29 is 23.0 Å². The number of nitrogens with zero attached hydrogens (tertiary/aromatic N) is 2. The SMILES string of the molecule is COc1ccc(CNC(=O)c2cnn3c2N[C@@H](c2ccc(C)cc2)C[C@@H]3C(F)F)cc1OC. The van der Waals surface area contributed by atoms with Crippen molar-refractivity contribution in [1.82, 2.24) is 15.1 Å². The van der Waals surface area contributed by atoms with Crippen molar-refractivity contribution in [2.24, 2.45) is 0 Å². The first-order valence-electron chi connectivity index (χ1n) is 10.6. The van der Waals surface area contributed by atoms with Gasteiger partial charge in [0.15, 0.2) is 11.5 Å². The predicted octanol–water partition coefficient (Wildman–Crippen LogP) is 4.50. The topological polar surface area (TPSA) is 77.4 Å². The molecule has 0 fully saturated rings. The standard InChI is InChI=1S/C24H26F2N4O3/c1-14-4-7-16(8-5-14)18-11-19(22(25)26)30-23(29-18)17(13-28-30)24(31)27-12-15-6-9-20(32-2)21(10-15)33-3/h4-10,13,18-19,22,29H,11-12H2,1-3H3,(H,27,31)/t18-,19-/m1/s1. The second kappa shape index (κ2) is 9.48. The van der Waals surface area contributed by atoms with Gasteiger partial charge < -0.3 is 20.1 Å². The molecular formula is C24H26F2N4O3. The van der Waals surface area contributed by atoms with Gasteiger partial charge in [0.05, 0.1) is 26.5 Å². The van der Waals surface area contributed by atoms with Crippen LogP contribution in [0.4, 0.5) is 14.6 Å². The Kier molecular flexibility index (Phi) is 6.48. The number of nitrogens with one attached hydrogen (secondary N) is 2. The molecule has 0 aliphatic carbocycles. The number of ether oxygens (including phenoxy) is 2. The number of aromatic nitrogens is 2. The summed E-state index contributed by atoms with van der Waals surface area (Å²) in [4.78, 5) is 12.9. The molecule has 0 radical (unpaired) electrons. The normalized spacial score (nSPS) is 17.3. The Morgan fingerprint density at radius 1 is 1.18 bits per heavy atom. The number of benzene rings is 2. The molecule has 9 heteroatoms. The van der Waals surface area contributed by atoms with Gasteiger partial charge in [-0.1, -0.05) is 35.9 Å². The summed E-state index contributed by atoms with van der Waals surface area (Å²) >= 11 is 0. The number of hydrogen-bond acceptors (Lipinski definition) is 5. The van der Waals surface area contributed by atoms with Crippen LogP contribution in [0.25, 0.3) is 0 Å². The van der Waals surface area contributed by atoms with Crippen LogP contribution < -0.4 is 20.1 Å². The molecule has 1 aliphatic rings. The van der Waals surface area contributed by atoms with Crippen LogP contribution in [0.1, 0.15) is 45.6 Å². The van der Waals surface area contributed by atoms with Crippen LogP contribution in [0.2, 0.25) is 0 Å². The van der Waals surface area contributed by atoms with Crippen LogP contribution in [0.15, 0.2) is 48.7 Å². The van der Waals surface area contributed by atoms with E-state index in [1.54, 1.807) is 19.2 Å². The van der Waals surface area contributed by atoms with Gasteiger partial charge in [-0.15, -0.1) is 0 Å². The lowest BCUT2D eigenvalue weighted by Gasteiger charge is -2.32. The number of rotatable bonds is 7. The van der Waals surface area contributed by atoms with E-state index in [0.717, 1.165) is 16.7 Å².